The van der Waals surface area contributed by atoms with E-state index in [1.807, 2.05) is 42.5 Å². The van der Waals surface area contributed by atoms with Crippen molar-refractivity contribution in [3.63, 3.8) is 0 Å². The monoisotopic (exact) mass is 335 g/mol. The molecule has 0 amide bonds. The first-order valence-corrected chi connectivity index (χ1v) is 8.47. The van der Waals surface area contributed by atoms with Crippen molar-refractivity contribution in [2.75, 3.05) is 5.73 Å². The second-order valence-corrected chi connectivity index (χ2v) is 6.89. The molecule has 0 saturated heterocycles. The van der Waals surface area contributed by atoms with Crippen molar-refractivity contribution in [3.05, 3.63) is 71.0 Å². The van der Waals surface area contributed by atoms with Crippen LogP contribution in [-0.4, -0.2) is 14.2 Å². The molecule has 4 aromatic rings. The number of aromatic amines is 1. The molecule has 6 heteroatoms. The highest BCUT2D eigenvalue weighted by atomic mass is 32.2. The van der Waals surface area contributed by atoms with Crippen LogP contribution in [0.2, 0.25) is 0 Å². The molecule has 0 bridgehead atoms. The fourth-order valence-corrected chi connectivity index (χ4v) is 3.78. The van der Waals surface area contributed by atoms with E-state index in [9.17, 15) is 9.00 Å². The Morgan fingerprint density at radius 2 is 1.62 bits per heavy atom. The van der Waals surface area contributed by atoms with E-state index >= 15 is 0 Å². The van der Waals surface area contributed by atoms with Crippen LogP contribution in [0.15, 0.2) is 75.2 Å². The number of fused-ring (bicyclic) bond motifs is 2. The number of rotatable bonds is 2. The Kier molecular flexibility index (Phi) is 3.39. The van der Waals surface area contributed by atoms with Crippen LogP contribution in [0.1, 0.15) is 0 Å². The standard InChI is InChI=1S/C18H13N3O2S/c19-18-20-16-8-7-14(10-15(16)17(22)21-18)24(23)13-6-5-11-3-1-2-4-12(11)9-13/h1-10H,(H3,19,20,21,22)/t24-/m0/s1. The lowest BCUT2D eigenvalue weighted by atomic mass is 10.1. The fraction of sp³-hybridized carbons (Fsp3) is 0. The minimum atomic E-state index is -1.38. The average Bonchev–Trinajstić information content (AvgIpc) is 2.60. The third-order valence-electron chi connectivity index (χ3n) is 3.84. The highest BCUT2D eigenvalue weighted by Gasteiger charge is 2.11. The van der Waals surface area contributed by atoms with Gasteiger partial charge in [0, 0.05) is 9.79 Å². The van der Waals surface area contributed by atoms with E-state index in [1.54, 1.807) is 18.2 Å². The van der Waals surface area contributed by atoms with Crippen LogP contribution in [0.3, 0.4) is 0 Å². The van der Waals surface area contributed by atoms with E-state index in [-0.39, 0.29) is 11.5 Å². The maximum Gasteiger partial charge on any atom is 0.260 e. The average molecular weight is 335 g/mol. The molecule has 0 spiro atoms. The molecule has 0 aliphatic carbocycles. The summed E-state index contributed by atoms with van der Waals surface area (Å²) >= 11 is 0. The number of nitrogens with two attached hydrogens (primary N) is 1. The van der Waals surface area contributed by atoms with E-state index in [1.165, 1.54) is 0 Å². The smallest absolute Gasteiger partial charge is 0.260 e. The lowest BCUT2D eigenvalue weighted by Gasteiger charge is -2.06. The van der Waals surface area contributed by atoms with Gasteiger partial charge in [-0.05, 0) is 41.1 Å². The predicted octanol–water partition coefficient (Wildman–Crippen LogP) is 2.83. The molecule has 1 heterocycles. The van der Waals surface area contributed by atoms with Gasteiger partial charge >= 0.3 is 0 Å². The van der Waals surface area contributed by atoms with Crippen LogP contribution in [0.5, 0.6) is 0 Å². The molecule has 0 unspecified atom stereocenters. The van der Waals surface area contributed by atoms with Gasteiger partial charge in [0.05, 0.1) is 21.7 Å². The lowest BCUT2D eigenvalue weighted by Crippen LogP contribution is -2.11. The second kappa shape index (κ2) is 5.58. The number of anilines is 1. The van der Waals surface area contributed by atoms with E-state index in [4.69, 9.17) is 5.73 Å². The Morgan fingerprint density at radius 1 is 0.917 bits per heavy atom. The zero-order valence-corrected chi connectivity index (χ0v) is 13.3. The van der Waals surface area contributed by atoms with E-state index in [0.717, 1.165) is 10.8 Å². The maximum atomic E-state index is 12.9. The van der Waals surface area contributed by atoms with Gasteiger partial charge in [0.25, 0.3) is 5.56 Å². The molecule has 24 heavy (non-hydrogen) atoms. The molecule has 0 fully saturated rings. The first-order chi connectivity index (χ1) is 11.6. The van der Waals surface area contributed by atoms with Crippen LogP contribution in [0, 0.1) is 0 Å². The highest BCUT2D eigenvalue weighted by Crippen LogP contribution is 2.23. The van der Waals surface area contributed by atoms with Crippen molar-refractivity contribution in [1.82, 2.24) is 9.97 Å². The van der Waals surface area contributed by atoms with Crippen molar-refractivity contribution in [2.45, 2.75) is 9.79 Å². The zero-order valence-electron chi connectivity index (χ0n) is 12.5. The van der Waals surface area contributed by atoms with Gasteiger partial charge < -0.3 is 5.73 Å². The van der Waals surface area contributed by atoms with Crippen molar-refractivity contribution < 1.29 is 4.21 Å². The van der Waals surface area contributed by atoms with Gasteiger partial charge in [-0.1, -0.05) is 30.3 Å². The molecule has 3 aromatic carbocycles. The number of hydrogen-bond acceptors (Lipinski definition) is 4. The van der Waals surface area contributed by atoms with Crippen LogP contribution >= 0.6 is 0 Å². The summed E-state index contributed by atoms with van der Waals surface area (Å²) in [6.07, 6.45) is 0. The summed E-state index contributed by atoms with van der Waals surface area (Å²) in [5, 5.41) is 2.49. The van der Waals surface area contributed by atoms with Gasteiger partial charge in [-0.3, -0.25) is 9.78 Å². The van der Waals surface area contributed by atoms with Gasteiger partial charge in [-0.2, -0.15) is 0 Å². The second-order valence-electron chi connectivity index (χ2n) is 5.41. The molecule has 5 nitrogen and oxygen atoms in total. The third kappa shape index (κ3) is 2.47. The Labute approximate surface area is 139 Å². The third-order valence-corrected chi connectivity index (χ3v) is 5.21. The Balaban J connectivity index is 1.83. The molecule has 0 aliphatic heterocycles. The van der Waals surface area contributed by atoms with Crippen molar-refractivity contribution in [3.8, 4) is 0 Å². The molecule has 0 radical (unpaired) electrons. The van der Waals surface area contributed by atoms with Gasteiger partial charge in [0.2, 0.25) is 5.95 Å². The SMILES string of the molecule is Nc1nc2ccc([S@@](=O)c3ccc4ccccc4c3)cc2c(=O)[nH]1. The fourth-order valence-electron chi connectivity index (χ4n) is 2.67. The van der Waals surface area contributed by atoms with Crippen LogP contribution in [-0.2, 0) is 10.8 Å². The molecule has 0 aliphatic rings. The number of nitrogen functional groups attached to an aromatic ring is 1. The molecule has 4 rings (SSSR count). The largest absolute Gasteiger partial charge is 0.369 e. The van der Waals surface area contributed by atoms with E-state index in [0.29, 0.717) is 20.7 Å². The maximum absolute atomic E-state index is 12.9. The number of hydrogen-bond donors (Lipinski definition) is 2. The summed E-state index contributed by atoms with van der Waals surface area (Å²) in [4.78, 5) is 19.8. The van der Waals surface area contributed by atoms with Gasteiger partial charge in [-0.15, -0.1) is 0 Å². The summed E-state index contributed by atoms with van der Waals surface area (Å²) in [6, 6.07) is 18.6. The van der Waals surface area contributed by atoms with Gasteiger partial charge in [-0.25, -0.2) is 9.19 Å². The van der Waals surface area contributed by atoms with Gasteiger partial charge in [0.1, 0.15) is 0 Å². The molecule has 118 valence electrons. The number of aromatic nitrogens is 2. The number of benzene rings is 3. The first-order valence-electron chi connectivity index (χ1n) is 7.32. The normalized spacial score (nSPS) is 12.5. The Morgan fingerprint density at radius 3 is 2.46 bits per heavy atom. The zero-order chi connectivity index (χ0) is 16.7. The summed E-state index contributed by atoms with van der Waals surface area (Å²) < 4.78 is 12.9. The van der Waals surface area contributed by atoms with Crippen molar-refractivity contribution >= 4 is 38.4 Å². The quantitative estimate of drug-likeness (QED) is 0.589. The summed E-state index contributed by atoms with van der Waals surface area (Å²) in [5.74, 6) is 0.0656. The van der Waals surface area contributed by atoms with E-state index in [2.05, 4.69) is 9.97 Å². The van der Waals surface area contributed by atoms with Crippen LogP contribution < -0.4 is 11.3 Å². The Hall–Kier alpha value is -2.99. The molecule has 1 aromatic heterocycles. The molecular formula is C18H13N3O2S. The van der Waals surface area contributed by atoms with Crippen LogP contribution in [0.25, 0.3) is 21.7 Å². The van der Waals surface area contributed by atoms with Crippen molar-refractivity contribution in [1.29, 1.82) is 0 Å². The van der Waals surface area contributed by atoms with Gasteiger partial charge in [0.15, 0.2) is 0 Å². The molecule has 3 N–H and O–H groups in total. The van der Waals surface area contributed by atoms with Crippen LogP contribution in [0.4, 0.5) is 5.95 Å². The Bertz CT molecular complexity index is 1170. The molecular weight excluding hydrogens is 322 g/mol. The molecule has 0 saturated carbocycles. The van der Waals surface area contributed by atoms with Crippen molar-refractivity contribution in [2.24, 2.45) is 0 Å². The predicted molar refractivity (Wildman–Crippen MR) is 95.4 cm³/mol. The highest BCUT2D eigenvalue weighted by molar-refractivity contribution is 7.85. The summed E-state index contributed by atoms with van der Waals surface area (Å²) in [7, 11) is -1.38. The minimum absolute atomic E-state index is 0.0656. The number of nitrogens with one attached hydrogen (secondary N) is 1. The number of H-pyrrole nitrogens is 1. The summed E-state index contributed by atoms with van der Waals surface area (Å²) in [5.41, 5.74) is 5.68. The summed E-state index contributed by atoms with van der Waals surface area (Å²) in [6.45, 7) is 0. The topological polar surface area (TPSA) is 88.8 Å². The first kappa shape index (κ1) is 14.6. The lowest BCUT2D eigenvalue weighted by molar-refractivity contribution is 0.683. The van der Waals surface area contributed by atoms with E-state index < -0.39 is 10.8 Å². The number of nitrogens with zero attached hydrogens (tertiary/aromatic N) is 1. The minimum Gasteiger partial charge on any atom is -0.369 e. The molecule has 1 atom stereocenters.